The lowest BCUT2D eigenvalue weighted by molar-refractivity contribution is 0.900. The summed E-state index contributed by atoms with van der Waals surface area (Å²) in [5, 5.41) is 9.66. The van der Waals surface area contributed by atoms with Crippen LogP contribution in [0.3, 0.4) is 0 Å². The Kier molecular flexibility index (Phi) is 3.88. The Labute approximate surface area is 117 Å². The molecule has 96 valence electrons. The zero-order chi connectivity index (χ0) is 13.8. The molecule has 0 saturated heterocycles. The zero-order valence-corrected chi connectivity index (χ0v) is 11.2. The minimum atomic E-state index is 0.404. The SMILES string of the molecule is CN(Cc1ccc(Cl)cc1)c1nccc(C#N)c1N. The van der Waals surface area contributed by atoms with E-state index in [2.05, 4.69) is 11.1 Å². The van der Waals surface area contributed by atoms with Gasteiger partial charge in [-0.1, -0.05) is 23.7 Å². The summed E-state index contributed by atoms with van der Waals surface area (Å²) in [6.45, 7) is 0.642. The number of benzene rings is 1. The van der Waals surface area contributed by atoms with Gasteiger partial charge in [-0.15, -0.1) is 0 Å². The second-order valence-corrected chi connectivity index (χ2v) is 4.63. The Hall–Kier alpha value is -2.25. The Morgan fingerprint density at radius 2 is 2.00 bits per heavy atom. The average Bonchev–Trinajstić information content (AvgIpc) is 2.41. The quantitative estimate of drug-likeness (QED) is 0.933. The minimum Gasteiger partial charge on any atom is -0.395 e. The van der Waals surface area contributed by atoms with E-state index in [0.29, 0.717) is 28.6 Å². The highest BCUT2D eigenvalue weighted by Crippen LogP contribution is 2.23. The predicted octanol–water partition coefficient (Wildman–Crippen LogP) is 2.83. The first-order valence-corrected chi connectivity index (χ1v) is 6.10. The maximum Gasteiger partial charge on any atom is 0.153 e. The molecule has 0 radical (unpaired) electrons. The topological polar surface area (TPSA) is 65.9 Å². The highest BCUT2D eigenvalue weighted by molar-refractivity contribution is 6.30. The lowest BCUT2D eigenvalue weighted by atomic mass is 10.2. The van der Waals surface area contributed by atoms with Gasteiger partial charge < -0.3 is 10.6 Å². The largest absolute Gasteiger partial charge is 0.395 e. The smallest absolute Gasteiger partial charge is 0.153 e. The molecule has 0 unspecified atom stereocenters. The first-order valence-electron chi connectivity index (χ1n) is 5.72. The number of rotatable bonds is 3. The first-order chi connectivity index (χ1) is 9.11. The predicted molar refractivity (Wildman–Crippen MR) is 76.9 cm³/mol. The van der Waals surface area contributed by atoms with Crippen molar-refractivity contribution in [1.29, 1.82) is 5.26 Å². The highest BCUT2D eigenvalue weighted by Gasteiger charge is 2.10. The maximum absolute atomic E-state index is 8.95. The summed E-state index contributed by atoms with van der Waals surface area (Å²) in [5.74, 6) is 0.606. The molecule has 0 spiro atoms. The van der Waals surface area contributed by atoms with Gasteiger partial charge >= 0.3 is 0 Å². The summed E-state index contributed by atoms with van der Waals surface area (Å²) in [6, 6.07) is 11.2. The van der Waals surface area contributed by atoms with Crippen LogP contribution in [-0.4, -0.2) is 12.0 Å². The molecule has 2 rings (SSSR count). The van der Waals surface area contributed by atoms with Crippen LogP contribution in [0.4, 0.5) is 11.5 Å². The Morgan fingerprint density at radius 1 is 1.32 bits per heavy atom. The zero-order valence-electron chi connectivity index (χ0n) is 10.5. The molecule has 5 heteroatoms. The molecular weight excluding hydrogens is 260 g/mol. The second-order valence-electron chi connectivity index (χ2n) is 4.19. The van der Waals surface area contributed by atoms with Crippen LogP contribution in [0.1, 0.15) is 11.1 Å². The molecular formula is C14H13ClN4. The first kappa shape index (κ1) is 13.2. The van der Waals surface area contributed by atoms with E-state index in [1.54, 1.807) is 12.3 Å². The van der Waals surface area contributed by atoms with Crippen LogP contribution < -0.4 is 10.6 Å². The Balaban J connectivity index is 2.23. The Bertz CT molecular complexity index is 616. The van der Waals surface area contributed by atoms with Crippen molar-refractivity contribution in [2.45, 2.75) is 6.54 Å². The van der Waals surface area contributed by atoms with Crippen LogP contribution in [-0.2, 0) is 6.54 Å². The number of aromatic nitrogens is 1. The summed E-state index contributed by atoms with van der Waals surface area (Å²) in [5.41, 5.74) is 7.86. The molecule has 0 bridgehead atoms. The van der Waals surface area contributed by atoms with Crippen molar-refractivity contribution in [1.82, 2.24) is 4.98 Å². The van der Waals surface area contributed by atoms with Crippen molar-refractivity contribution in [2.75, 3.05) is 17.7 Å². The van der Waals surface area contributed by atoms with Gasteiger partial charge in [0.25, 0.3) is 0 Å². The molecule has 0 fully saturated rings. The van der Waals surface area contributed by atoms with E-state index in [4.69, 9.17) is 22.6 Å². The average molecular weight is 273 g/mol. The fraction of sp³-hybridized carbons (Fsp3) is 0.143. The van der Waals surface area contributed by atoms with Gasteiger partial charge in [0.2, 0.25) is 0 Å². The molecule has 4 nitrogen and oxygen atoms in total. The van der Waals surface area contributed by atoms with E-state index < -0.39 is 0 Å². The van der Waals surface area contributed by atoms with Crippen LogP contribution in [0.15, 0.2) is 36.5 Å². The number of pyridine rings is 1. The molecule has 0 aliphatic carbocycles. The number of nitrogens with two attached hydrogens (primary N) is 1. The molecule has 0 aliphatic heterocycles. The Morgan fingerprint density at radius 3 is 2.63 bits per heavy atom. The fourth-order valence-electron chi connectivity index (χ4n) is 1.80. The molecule has 0 saturated carbocycles. The molecule has 1 aromatic heterocycles. The van der Waals surface area contributed by atoms with Crippen LogP contribution >= 0.6 is 11.6 Å². The molecule has 2 aromatic rings. The number of hydrogen-bond acceptors (Lipinski definition) is 4. The number of nitrogens with zero attached hydrogens (tertiary/aromatic N) is 3. The lowest BCUT2D eigenvalue weighted by Gasteiger charge is -2.20. The second kappa shape index (κ2) is 5.59. The van der Waals surface area contributed by atoms with E-state index >= 15 is 0 Å². The molecule has 1 aromatic carbocycles. The minimum absolute atomic E-state index is 0.404. The summed E-state index contributed by atoms with van der Waals surface area (Å²) in [6.07, 6.45) is 1.59. The van der Waals surface area contributed by atoms with E-state index in [1.807, 2.05) is 36.2 Å². The van der Waals surface area contributed by atoms with Gasteiger partial charge in [-0.05, 0) is 23.8 Å². The van der Waals surface area contributed by atoms with E-state index in [0.717, 1.165) is 5.56 Å². The third-order valence-corrected chi connectivity index (χ3v) is 3.04. The summed E-state index contributed by atoms with van der Waals surface area (Å²) in [7, 11) is 1.88. The van der Waals surface area contributed by atoms with Crippen LogP contribution in [0.5, 0.6) is 0 Å². The van der Waals surface area contributed by atoms with Gasteiger partial charge in [0.05, 0.1) is 11.3 Å². The van der Waals surface area contributed by atoms with Gasteiger partial charge in [-0.3, -0.25) is 0 Å². The van der Waals surface area contributed by atoms with Gasteiger partial charge in [0, 0.05) is 24.8 Å². The molecule has 0 aliphatic rings. The standard InChI is InChI=1S/C14H13ClN4/c1-19(9-10-2-4-12(15)5-3-10)14-13(17)11(8-16)6-7-18-14/h2-7H,9,17H2,1H3. The third kappa shape index (κ3) is 2.95. The van der Waals surface area contributed by atoms with Crippen molar-refractivity contribution < 1.29 is 0 Å². The van der Waals surface area contributed by atoms with Crippen molar-refractivity contribution >= 4 is 23.1 Å². The van der Waals surface area contributed by atoms with Crippen molar-refractivity contribution in [3.63, 3.8) is 0 Å². The summed E-state index contributed by atoms with van der Waals surface area (Å²) in [4.78, 5) is 6.13. The van der Waals surface area contributed by atoms with E-state index in [1.165, 1.54) is 0 Å². The number of halogens is 1. The normalized spacial score (nSPS) is 9.95. The fourth-order valence-corrected chi connectivity index (χ4v) is 1.93. The number of anilines is 2. The van der Waals surface area contributed by atoms with Gasteiger partial charge in [-0.2, -0.15) is 5.26 Å². The monoisotopic (exact) mass is 272 g/mol. The third-order valence-electron chi connectivity index (χ3n) is 2.78. The van der Waals surface area contributed by atoms with Gasteiger partial charge in [-0.25, -0.2) is 4.98 Å². The molecule has 0 amide bonds. The van der Waals surface area contributed by atoms with Crippen LogP contribution in [0, 0.1) is 11.3 Å². The highest BCUT2D eigenvalue weighted by atomic mass is 35.5. The molecule has 1 heterocycles. The summed E-state index contributed by atoms with van der Waals surface area (Å²) < 4.78 is 0. The number of nitrogen functional groups attached to an aromatic ring is 1. The maximum atomic E-state index is 8.95. The van der Waals surface area contributed by atoms with Gasteiger partial charge in [0.1, 0.15) is 6.07 Å². The van der Waals surface area contributed by atoms with Crippen molar-refractivity contribution in [3.05, 3.63) is 52.7 Å². The van der Waals surface area contributed by atoms with Crippen LogP contribution in [0.2, 0.25) is 5.02 Å². The van der Waals surface area contributed by atoms with Gasteiger partial charge in [0.15, 0.2) is 5.82 Å². The van der Waals surface area contributed by atoms with Crippen molar-refractivity contribution in [2.24, 2.45) is 0 Å². The summed E-state index contributed by atoms with van der Waals surface area (Å²) >= 11 is 5.85. The number of nitriles is 1. The van der Waals surface area contributed by atoms with E-state index in [-0.39, 0.29) is 0 Å². The lowest BCUT2D eigenvalue weighted by Crippen LogP contribution is -2.19. The molecule has 19 heavy (non-hydrogen) atoms. The number of hydrogen-bond donors (Lipinski definition) is 1. The van der Waals surface area contributed by atoms with Crippen molar-refractivity contribution in [3.8, 4) is 6.07 Å². The van der Waals surface area contributed by atoms with E-state index in [9.17, 15) is 0 Å². The van der Waals surface area contributed by atoms with Crippen LogP contribution in [0.25, 0.3) is 0 Å². The molecule has 0 atom stereocenters. The molecule has 2 N–H and O–H groups in total.